The second-order valence-electron chi connectivity index (χ2n) is 5.85. The van der Waals surface area contributed by atoms with Crippen molar-refractivity contribution in [3.63, 3.8) is 0 Å². The molecule has 0 spiro atoms. The topological polar surface area (TPSA) is 84.5 Å². The van der Waals surface area contributed by atoms with Gasteiger partial charge >= 0.3 is 0 Å². The molecule has 3 rings (SSSR count). The molecule has 0 aliphatic heterocycles. The number of furan rings is 2. The van der Waals surface area contributed by atoms with Crippen LogP contribution in [0.3, 0.4) is 0 Å². The Hall–Kier alpha value is -2.93. The van der Waals surface area contributed by atoms with Crippen LogP contribution in [-0.4, -0.2) is 24.1 Å². The van der Waals surface area contributed by atoms with Crippen LogP contribution >= 0.6 is 11.8 Å². The minimum atomic E-state index is -0.352. The highest BCUT2D eigenvalue weighted by molar-refractivity contribution is 7.98. The number of thioether (sulfide) groups is 1. The Labute approximate surface area is 161 Å². The molecule has 0 unspecified atom stereocenters. The molecular weight excluding hydrogens is 364 g/mol. The van der Waals surface area contributed by atoms with E-state index >= 15 is 0 Å². The molecule has 0 saturated heterocycles. The Morgan fingerprint density at radius 2 is 1.85 bits per heavy atom. The van der Waals surface area contributed by atoms with E-state index in [0.29, 0.717) is 17.8 Å². The van der Waals surface area contributed by atoms with Gasteiger partial charge < -0.3 is 19.5 Å². The van der Waals surface area contributed by atoms with Gasteiger partial charge in [-0.15, -0.1) is 0 Å². The first-order chi connectivity index (χ1) is 13.1. The first kappa shape index (κ1) is 18.8. The van der Waals surface area contributed by atoms with Crippen molar-refractivity contribution in [2.75, 3.05) is 17.6 Å². The fourth-order valence-electron chi connectivity index (χ4n) is 2.40. The van der Waals surface area contributed by atoms with E-state index in [9.17, 15) is 9.59 Å². The highest BCUT2D eigenvalue weighted by Crippen LogP contribution is 2.18. The van der Waals surface area contributed by atoms with E-state index in [4.69, 9.17) is 8.83 Å². The Morgan fingerprint density at radius 3 is 2.59 bits per heavy atom. The second-order valence-corrected chi connectivity index (χ2v) is 6.95. The van der Waals surface area contributed by atoms with Crippen LogP contribution in [0.25, 0.3) is 0 Å². The number of rotatable bonds is 8. The molecule has 0 saturated carbocycles. The van der Waals surface area contributed by atoms with Crippen molar-refractivity contribution in [1.82, 2.24) is 5.32 Å². The third-order valence-corrected chi connectivity index (χ3v) is 4.83. The van der Waals surface area contributed by atoms with E-state index in [1.54, 1.807) is 48.4 Å². The van der Waals surface area contributed by atoms with Crippen LogP contribution in [0.4, 0.5) is 5.69 Å². The van der Waals surface area contributed by atoms with Gasteiger partial charge in [-0.2, -0.15) is 11.8 Å². The highest BCUT2D eigenvalue weighted by atomic mass is 32.2. The molecule has 3 aromatic rings. The lowest BCUT2D eigenvalue weighted by molar-refractivity contribution is 0.0954. The maximum atomic E-state index is 12.3. The molecule has 6 nitrogen and oxygen atoms in total. The molecule has 2 aromatic heterocycles. The number of hydrogen-bond acceptors (Lipinski definition) is 5. The molecule has 0 bridgehead atoms. The molecule has 2 amide bonds. The van der Waals surface area contributed by atoms with Gasteiger partial charge in [-0.3, -0.25) is 9.59 Å². The number of anilines is 1. The lowest BCUT2D eigenvalue weighted by Gasteiger charge is -2.10. The molecule has 27 heavy (non-hydrogen) atoms. The van der Waals surface area contributed by atoms with Crippen molar-refractivity contribution >= 4 is 29.3 Å². The molecule has 0 atom stereocenters. The zero-order chi connectivity index (χ0) is 19.1. The van der Waals surface area contributed by atoms with E-state index in [2.05, 4.69) is 10.6 Å². The highest BCUT2D eigenvalue weighted by Gasteiger charge is 2.13. The molecule has 2 heterocycles. The fourth-order valence-corrected chi connectivity index (χ4v) is 3.15. The van der Waals surface area contributed by atoms with Crippen molar-refractivity contribution in [1.29, 1.82) is 0 Å². The third-order valence-electron chi connectivity index (χ3n) is 3.85. The summed E-state index contributed by atoms with van der Waals surface area (Å²) in [5.74, 6) is 2.16. The Kier molecular flexibility index (Phi) is 6.38. The van der Waals surface area contributed by atoms with Gasteiger partial charge in [0.2, 0.25) is 0 Å². The summed E-state index contributed by atoms with van der Waals surface area (Å²) in [5, 5.41) is 5.66. The number of amides is 2. The van der Waals surface area contributed by atoms with Gasteiger partial charge in [0, 0.05) is 23.5 Å². The third kappa shape index (κ3) is 5.27. The van der Waals surface area contributed by atoms with Crippen molar-refractivity contribution < 1.29 is 18.4 Å². The molecule has 0 aliphatic rings. The van der Waals surface area contributed by atoms with Crippen LogP contribution < -0.4 is 10.6 Å². The predicted octanol–water partition coefficient (Wildman–Crippen LogP) is 4.10. The van der Waals surface area contributed by atoms with Gasteiger partial charge in [0.05, 0.1) is 18.3 Å². The Morgan fingerprint density at radius 1 is 1.04 bits per heavy atom. The van der Waals surface area contributed by atoms with Crippen LogP contribution in [0.15, 0.2) is 63.8 Å². The maximum Gasteiger partial charge on any atom is 0.291 e. The summed E-state index contributed by atoms with van der Waals surface area (Å²) in [4.78, 5) is 24.5. The summed E-state index contributed by atoms with van der Waals surface area (Å²) < 4.78 is 10.4. The van der Waals surface area contributed by atoms with Crippen LogP contribution in [0.2, 0.25) is 0 Å². The summed E-state index contributed by atoms with van der Waals surface area (Å²) in [5.41, 5.74) is 1.93. The van der Waals surface area contributed by atoms with Gasteiger partial charge in [0.25, 0.3) is 11.8 Å². The van der Waals surface area contributed by atoms with Gasteiger partial charge in [-0.05, 0) is 48.9 Å². The smallest absolute Gasteiger partial charge is 0.291 e. The van der Waals surface area contributed by atoms with Crippen LogP contribution in [-0.2, 0) is 5.75 Å². The molecule has 2 N–H and O–H groups in total. The molecule has 140 valence electrons. The number of carbonyl (C=O) groups excluding carboxylic acids is 2. The predicted molar refractivity (Wildman–Crippen MR) is 105 cm³/mol. The monoisotopic (exact) mass is 384 g/mol. The van der Waals surface area contributed by atoms with Gasteiger partial charge in [0.1, 0.15) is 5.76 Å². The van der Waals surface area contributed by atoms with E-state index in [1.165, 1.54) is 6.26 Å². The summed E-state index contributed by atoms with van der Waals surface area (Å²) in [6, 6.07) is 12.2. The van der Waals surface area contributed by atoms with Crippen molar-refractivity contribution in [3.05, 3.63) is 77.6 Å². The fraction of sp³-hybridized carbons (Fsp3) is 0.200. The van der Waals surface area contributed by atoms with Crippen molar-refractivity contribution in [2.24, 2.45) is 0 Å². The summed E-state index contributed by atoms with van der Waals surface area (Å²) >= 11 is 1.68. The average molecular weight is 384 g/mol. The van der Waals surface area contributed by atoms with Crippen LogP contribution in [0.5, 0.6) is 0 Å². The minimum Gasteiger partial charge on any atom is -0.468 e. The molecule has 0 aliphatic carbocycles. The maximum absolute atomic E-state index is 12.3. The molecule has 0 radical (unpaired) electrons. The number of benzene rings is 1. The standard InChI is InChI=1S/C20H20N2O4S/c1-14-6-7-15(12-17(14)22-20(24)18-5-3-10-26-18)19(23)21-8-11-27-13-16-4-2-9-25-16/h2-7,9-10,12H,8,11,13H2,1H3,(H,21,23)(H,22,24). The van der Waals surface area contributed by atoms with Gasteiger partial charge in [0.15, 0.2) is 5.76 Å². The van der Waals surface area contributed by atoms with Crippen LogP contribution in [0, 0.1) is 6.92 Å². The second kappa shape index (κ2) is 9.14. The quantitative estimate of drug-likeness (QED) is 0.571. The van der Waals surface area contributed by atoms with E-state index in [0.717, 1.165) is 22.8 Å². The molecule has 1 aromatic carbocycles. The van der Waals surface area contributed by atoms with Crippen molar-refractivity contribution in [3.8, 4) is 0 Å². The van der Waals surface area contributed by atoms with Gasteiger partial charge in [-0.25, -0.2) is 0 Å². The largest absolute Gasteiger partial charge is 0.468 e. The normalized spacial score (nSPS) is 10.6. The number of nitrogens with one attached hydrogen (secondary N) is 2. The average Bonchev–Trinajstić information content (AvgIpc) is 3.37. The first-order valence-electron chi connectivity index (χ1n) is 8.47. The minimum absolute atomic E-state index is 0.179. The lowest BCUT2D eigenvalue weighted by atomic mass is 10.1. The zero-order valence-corrected chi connectivity index (χ0v) is 15.7. The first-order valence-corrected chi connectivity index (χ1v) is 9.63. The number of aryl methyl sites for hydroxylation is 1. The van der Waals surface area contributed by atoms with Crippen molar-refractivity contribution in [2.45, 2.75) is 12.7 Å². The number of hydrogen-bond donors (Lipinski definition) is 2. The molecule has 0 fully saturated rings. The van der Waals surface area contributed by atoms with E-state index < -0.39 is 0 Å². The Balaban J connectivity index is 1.51. The number of carbonyl (C=O) groups is 2. The molecule has 7 heteroatoms. The molecular formula is C20H20N2O4S. The SMILES string of the molecule is Cc1ccc(C(=O)NCCSCc2ccco2)cc1NC(=O)c1ccco1. The summed E-state index contributed by atoms with van der Waals surface area (Å²) in [7, 11) is 0. The van der Waals surface area contributed by atoms with E-state index in [1.807, 2.05) is 19.1 Å². The zero-order valence-electron chi connectivity index (χ0n) is 14.9. The van der Waals surface area contributed by atoms with E-state index in [-0.39, 0.29) is 17.6 Å². The lowest BCUT2D eigenvalue weighted by Crippen LogP contribution is -2.26. The summed E-state index contributed by atoms with van der Waals surface area (Å²) in [6.07, 6.45) is 3.09. The Bertz CT molecular complexity index is 889. The van der Waals surface area contributed by atoms with Gasteiger partial charge in [-0.1, -0.05) is 6.07 Å². The summed E-state index contributed by atoms with van der Waals surface area (Å²) in [6.45, 7) is 2.41. The van der Waals surface area contributed by atoms with Crippen LogP contribution in [0.1, 0.15) is 32.2 Å².